The van der Waals surface area contributed by atoms with Crippen LogP contribution in [0.2, 0.25) is 5.02 Å². The number of rotatable bonds is 6. The van der Waals surface area contributed by atoms with Crippen molar-refractivity contribution in [1.29, 1.82) is 0 Å². The van der Waals surface area contributed by atoms with Crippen LogP contribution in [0, 0.1) is 0 Å². The molecule has 0 aliphatic carbocycles. The van der Waals surface area contributed by atoms with Gasteiger partial charge < -0.3 is 15.2 Å². The van der Waals surface area contributed by atoms with Gasteiger partial charge in [0.25, 0.3) is 5.91 Å². The van der Waals surface area contributed by atoms with Gasteiger partial charge in [-0.15, -0.1) is 0 Å². The molecule has 2 rings (SSSR count). The Labute approximate surface area is 153 Å². The summed E-state index contributed by atoms with van der Waals surface area (Å²) in [5, 5.41) is -0.167. The molecule has 2 aromatic carbocycles. The zero-order valence-corrected chi connectivity index (χ0v) is 14.4. The third kappa shape index (κ3) is 4.70. The summed E-state index contributed by atoms with van der Waals surface area (Å²) in [6, 6.07) is 9.60. The maximum absolute atomic E-state index is 12.7. The lowest BCUT2D eigenvalue weighted by Crippen LogP contribution is -2.15. The Morgan fingerprint density at radius 1 is 1.23 bits per heavy atom. The molecule has 4 nitrogen and oxygen atoms in total. The molecule has 26 heavy (non-hydrogen) atoms. The van der Waals surface area contributed by atoms with Gasteiger partial charge in [-0.3, -0.25) is 4.79 Å². The van der Waals surface area contributed by atoms with Crippen molar-refractivity contribution in [3.63, 3.8) is 0 Å². The number of carbonyl (C=O) groups excluding carboxylic acids is 1. The van der Waals surface area contributed by atoms with Gasteiger partial charge in [0.1, 0.15) is 12.4 Å². The number of primary amides is 1. The molecular weight excluding hydrogens is 371 g/mol. The largest absolute Gasteiger partial charge is 0.504 e. The van der Waals surface area contributed by atoms with Gasteiger partial charge in [0.2, 0.25) is 0 Å². The number of amides is 1. The number of benzene rings is 2. The highest BCUT2D eigenvalue weighted by Gasteiger charge is 2.31. The van der Waals surface area contributed by atoms with Gasteiger partial charge >= 0.3 is 6.18 Å². The molecule has 0 atom stereocenters. The number of methoxy groups -OCH3 is 1. The molecule has 0 unspecified atom stereocenters. The fourth-order valence-electron chi connectivity index (χ4n) is 2.23. The maximum Gasteiger partial charge on any atom is 0.416 e. The molecule has 0 spiro atoms. The van der Waals surface area contributed by atoms with Gasteiger partial charge in [-0.05, 0) is 29.3 Å². The second-order valence-electron chi connectivity index (χ2n) is 5.22. The standard InChI is InChI=1S/C18H15ClF3NO3/c1-25-10-14(17(23)24)13-5-3-2-4-11(13)9-26-16-7-6-12(8-15(16)19)18(20,21)22/h2-8,10H,9H2,1H3,(H2,23,24)/b14-10+. The first-order valence-corrected chi connectivity index (χ1v) is 7.72. The highest BCUT2D eigenvalue weighted by Crippen LogP contribution is 2.35. The van der Waals surface area contributed by atoms with Crippen LogP contribution in [0.15, 0.2) is 48.7 Å². The van der Waals surface area contributed by atoms with Crippen LogP contribution in [0.5, 0.6) is 5.75 Å². The van der Waals surface area contributed by atoms with Crippen LogP contribution in [0.3, 0.4) is 0 Å². The van der Waals surface area contributed by atoms with Crippen LogP contribution in [-0.2, 0) is 22.3 Å². The van der Waals surface area contributed by atoms with E-state index in [0.717, 1.165) is 18.2 Å². The molecule has 2 N–H and O–H groups in total. The molecule has 0 bridgehead atoms. The number of nitrogens with two attached hydrogens (primary N) is 1. The molecule has 0 saturated heterocycles. The average Bonchev–Trinajstić information content (AvgIpc) is 2.58. The molecule has 0 radical (unpaired) electrons. The average molecular weight is 386 g/mol. The van der Waals surface area contributed by atoms with E-state index < -0.39 is 17.6 Å². The van der Waals surface area contributed by atoms with Crippen molar-refractivity contribution in [1.82, 2.24) is 0 Å². The molecule has 0 saturated carbocycles. The number of halogens is 4. The topological polar surface area (TPSA) is 61.5 Å². The molecule has 0 aliphatic rings. The predicted octanol–water partition coefficient (Wildman–Crippen LogP) is 4.41. The lowest BCUT2D eigenvalue weighted by molar-refractivity contribution is -0.137. The zero-order chi connectivity index (χ0) is 19.3. The molecule has 2 aromatic rings. The highest BCUT2D eigenvalue weighted by atomic mass is 35.5. The Morgan fingerprint density at radius 2 is 1.92 bits per heavy atom. The van der Waals surface area contributed by atoms with E-state index in [0.29, 0.717) is 11.1 Å². The smallest absolute Gasteiger partial charge is 0.416 e. The first-order valence-electron chi connectivity index (χ1n) is 7.34. The first kappa shape index (κ1) is 19.7. The second kappa shape index (κ2) is 8.14. The fourth-order valence-corrected chi connectivity index (χ4v) is 2.47. The van der Waals surface area contributed by atoms with Crippen LogP contribution in [-0.4, -0.2) is 13.0 Å². The highest BCUT2D eigenvalue weighted by molar-refractivity contribution is 6.32. The van der Waals surface area contributed by atoms with Crippen molar-refractivity contribution < 1.29 is 27.4 Å². The van der Waals surface area contributed by atoms with Crippen molar-refractivity contribution in [2.24, 2.45) is 5.73 Å². The number of hydrogen-bond donors (Lipinski definition) is 1. The minimum absolute atomic E-state index is 0.0322. The number of carbonyl (C=O) groups is 1. The summed E-state index contributed by atoms with van der Waals surface area (Å²) in [5.74, 6) is -0.599. The van der Waals surface area contributed by atoms with E-state index in [1.807, 2.05) is 0 Å². The minimum atomic E-state index is -4.49. The van der Waals surface area contributed by atoms with Crippen molar-refractivity contribution in [2.45, 2.75) is 12.8 Å². The molecule has 0 heterocycles. The van der Waals surface area contributed by atoms with Crippen molar-refractivity contribution in [2.75, 3.05) is 7.11 Å². The van der Waals surface area contributed by atoms with E-state index in [1.54, 1.807) is 24.3 Å². The summed E-state index contributed by atoms with van der Waals surface area (Å²) >= 11 is 5.87. The Morgan fingerprint density at radius 3 is 2.50 bits per heavy atom. The Balaban J connectivity index is 2.26. The number of ether oxygens (including phenoxy) is 2. The van der Waals surface area contributed by atoms with Gasteiger partial charge in [-0.2, -0.15) is 13.2 Å². The minimum Gasteiger partial charge on any atom is -0.504 e. The molecule has 138 valence electrons. The van der Waals surface area contributed by atoms with Crippen LogP contribution in [0.4, 0.5) is 13.2 Å². The molecular formula is C18H15ClF3NO3. The molecule has 0 aliphatic heterocycles. The van der Waals surface area contributed by atoms with E-state index >= 15 is 0 Å². The van der Waals surface area contributed by atoms with E-state index in [1.165, 1.54) is 13.4 Å². The van der Waals surface area contributed by atoms with Gasteiger partial charge in [-0.1, -0.05) is 35.9 Å². The summed E-state index contributed by atoms with van der Waals surface area (Å²) in [6.07, 6.45) is -3.28. The molecule has 0 aromatic heterocycles. The van der Waals surface area contributed by atoms with Gasteiger partial charge in [0.15, 0.2) is 0 Å². The van der Waals surface area contributed by atoms with Crippen LogP contribution < -0.4 is 10.5 Å². The molecule has 1 amide bonds. The van der Waals surface area contributed by atoms with Crippen LogP contribution in [0.1, 0.15) is 16.7 Å². The second-order valence-corrected chi connectivity index (χ2v) is 5.63. The summed E-state index contributed by atoms with van der Waals surface area (Å²) < 4.78 is 48.4. The van der Waals surface area contributed by atoms with Crippen LogP contribution >= 0.6 is 11.6 Å². The summed E-state index contributed by atoms with van der Waals surface area (Å²) in [5.41, 5.74) is 5.71. The summed E-state index contributed by atoms with van der Waals surface area (Å²) in [7, 11) is 1.38. The SMILES string of the molecule is CO/C=C(/C(N)=O)c1ccccc1COc1ccc(C(F)(F)F)cc1Cl. The Kier molecular flexibility index (Phi) is 6.15. The zero-order valence-electron chi connectivity index (χ0n) is 13.6. The normalized spacial score (nSPS) is 12.0. The van der Waals surface area contributed by atoms with E-state index in [2.05, 4.69) is 0 Å². The Hall–Kier alpha value is -2.67. The Bertz CT molecular complexity index is 835. The molecule has 0 fully saturated rings. The lowest BCUT2D eigenvalue weighted by atomic mass is 10.0. The van der Waals surface area contributed by atoms with E-state index in [9.17, 15) is 18.0 Å². The van der Waals surface area contributed by atoms with Crippen molar-refractivity contribution >= 4 is 23.1 Å². The summed E-state index contributed by atoms with van der Waals surface area (Å²) in [4.78, 5) is 11.6. The van der Waals surface area contributed by atoms with Crippen molar-refractivity contribution in [3.05, 3.63) is 70.4 Å². The van der Waals surface area contributed by atoms with Gasteiger partial charge in [0.05, 0.1) is 29.5 Å². The monoisotopic (exact) mass is 385 g/mol. The van der Waals surface area contributed by atoms with Gasteiger partial charge in [0, 0.05) is 0 Å². The maximum atomic E-state index is 12.7. The summed E-state index contributed by atoms with van der Waals surface area (Å²) in [6.45, 7) is -0.0322. The van der Waals surface area contributed by atoms with Crippen LogP contribution in [0.25, 0.3) is 5.57 Å². The molecule has 8 heteroatoms. The third-order valence-electron chi connectivity index (χ3n) is 3.45. The number of hydrogen-bond acceptors (Lipinski definition) is 3. The quantitative estimate of drug-likeness (QED) is 0.591. The van der Waals surface area contributed by atoms with Crippen molar-refractivity contribution in [3.8, 4) is 5.75 Å². The predicted molar refractivity (Wildman–Crippen MR) is 91.4 cm³/mol. The third-order valence-corrected chi connectivity index (χ3v) is 3.75. The van der Waals surface area contributed by atoms with E-state index in [-0.39, 0.29) is 23.0 Å². The lowest BCUT2D eigenvalue weighted by Gasteiger charge is -2.14. The first-order chi connectivity index (χ1) is 12.2. The fraction of sp³-hybridized carbons (Fsp3) is 0.167. The number of alkyl halides is 3. The van der Waals surface area contributed by atoms with E-state index in [4.69, 9.17) is 26.8 Å². The van der Waals surface area contributed by atoms with Gasteiger partial charge in [-0.25, -0.2) is 0 Å².